The summed E-state index contributed by atoms with van der Waals surface area (Å²) in [6, 6.07) is 0. The predicted molar refractivity (Wildman–Crippen MR) is 61.8 cm³/mol. The maximum absolute atomic E-state index is 4.70. The zero-order valence-corrected chi connectivity index (χ0v) is 11.0. The molecule has 0 amide bonds. The molecule has 0 heterocycles. The molecule has 0 rings (SSSR count). The average Bonchev–Trinajstić information content (AvgIpc) is 1.97. The van der Waals surface area contributed by atoms with Gasteiger partial charge in [0.15, 0.2) is 0 Å². The van der Waals surface area contributed by atoms with Crippen LogP contribution in [0, 0.1) is 0 Å². The van der Waals surface area contributed by atoms with Crippen molar-refractivity contribution < 1.29 is 0 Å². The van der Waals surface area contributed by atoms with E-state index in [1.165, 1.54) is 0 Å². The first-order valence-corrected chi connectivity index (χ1v) is 6.20. The molecule has 0 saturated carbocycles. The van der Waals surface area contributed by atoms with Crippen molar-refractivity contribution in [2.75, 3.05) is 42.3 Å². The van der Waals surface area contributed by atoms with E-state index in [0.29, 0.717) is 0 Å². The van der Waals surface area contributed by atoms with Crippen LogP contribution in [0.3, 0.4) is 0 Å². The van der Waals surface area contributed by atoms with Crippen LogP contribution in [0.2, 0.25) is 0 Å². The van der Waals surface area contributed by atoms with Crippen molar-refractivity contribution >= 4 is 26.1 Å². The lowest BCUT2D eigenvalue weighted by Gasteiger charge is -2.41. The number of hydrogen-bond donors (Lipinski definition) is 0. The van der Waals surface area contributed by atoms with Gasteiger partial charge in [-0.2, -0.15) is 0 Å². The number of isothiocyanates is 1. The van der Waals surface area contributed by atoms with E-state index >= 15 is 0 Å². The fraction of sp³-hybridized carbons (Fsp3) is 0.857. The summed E-state index contributed by atoms with van der Waals surface area (Å²) >= 11 is 4.70. The lowest BCUT2D eigenvalue weighted by molar-refractivity contribution is 0.380. The Labute approximate surface area is 87.2 Å². The van der Waals surface area contributed by atoms with Gasteiger partial charge in [-0.05, 0) is 54.5 Å². The topological polar surface area (TPSA) is 22.1 Å². The van der Waals surface area contributed by atoms with Crippen LogP contribution in [-0.4, -0.2) is 69.9 Å². The first-order valence-electron chi connectivity index (χ1n) is 4.01. The van der Waals surface area contributed by atoms with Gasteiger partial charge in [0.1, 0.15) is 0 Å². The van der Waals surface area contributed by atoms with Crippen LogP contribution >= 0.6 is 12.2 Å². The van der Waals surface area contributed by atoms with Gasteiger partial charge in [0, 0.05) is 0 Å². The van der Waals surface area contributed by atoms with E-state index < -0.39 is 8.72 Å². The van der Waals surface area contributed by atoms with Crippen LogP contribution in [0.5, 0.6) is 0 Å². The Bertz CT molecular complexity index is 189. The predicted octanol–water partition coefficient (Wildman–Crippen LogP) is 0.210. The Morgan fingerprint density at radius 3 is 1.31 bits per heavy atom. The van der Waals surface area contributed by atoms with Gasteiger partial charge in [-0.1, -0.05) is 0 Å². The summed E-state index contributed by atoms with van der Waals surface area (Å²) in [7, 11) is 9.98. The van der Waals surface area contributed by atoms with Crippen LogP contribution in [-0.2, 0) is 0 Å². The van der Waals surface area contributed by atoms with E-state index in [1.54, 1.807) is 0 Å². The Morgan fingerprint density at radius 1 is 0.923 bits per heavy atom. The highest BCUT2D eigenvalue weighted by atomic mass is 32.1. The molecule has 0 aliphatic carbocycles. The molecule has 4 nitrogen and oxygen atoms in total. The molecule has 0 aromatic rings. The molecule has 0 aromatic carbocycles. The number of hydrogen-bond acceptors (Lipinski definition) is 5. The van der Waals surface area contributed by atoms with Crippen molar-refractivity contribution in [2.24, 2.45) is 4.66 Å². The standard InChI is InChI=1S/C7H18N4SSi/c1-9(2)13(8-7-12,10(3)4)11(5)6/h1-6H3. The highest BCUT2D eigenvalue weighted by molar-refractivity contribution is 7.78. The summed E-state index contributed by atoms with van der Waals surface area (Å²) in [6.45, 7) is 0. The van der Waals surface area contributed by atoms with Crippen molar-refractivity contribution in [3.63, 3.8) is 0 Å². The molecule has 0 saturated heterocycles. The second-order valence-corrected chi connectivity index (χ2v) is 7.78. The quantitative estimate of drug-likeness (QED) is 0.382. The summed E-state index contributed by atoms with van der Waals surface area (Å²) in [5.74, 6) is 0. The zero-order chi connectivity index (χ0) is 10.6. The van der Waals surface area contributed by atoms with Gasteiger partial charge in [0.2, 0.25) is 0 Å². The van der Waals surface area contributed by atoms with E-state index in [2.05, 4.69) is 23.5 Å². The van der Waals surface area contributed by atoms with E-state index in [0.717, 1.165) is 0 Å². The van der Waals surface area contributed by atoms with Crippen molar-refractivity contribution in [1.29, 1.82) is 0 Å². The Balaban J connectivity index is 5.17. The minimum Gasteiger partial charge on any atom is -0.286 e. The lowest BCUT2D eigenvalue weighted by atomic mass is 11.2. The largest absolute Gasteiger partial charge is 0.434 e. The van der Waals surface area contributed by atoms with E-state index in [-0.39, 0.29) is 0 Å². The zero-order valence-electron chi connectivity index (χ0n) is 9.20. The van der Waals surface area contributed by atoms with Gasteiger partial charge in [0.05, 0.1) is 5.16 Å². The number of nitrogens with zero attached hydrogens (tertiary/aromatic N) is 4. The van der Waals surface area contributed by atoms with E-state index in [9.17, 15) is 0 Å². The molecule has 0 fully saturated rings. The molecule has 0 spiro atoms. The Hall–Kier alpha value is -0.103. The third-order valence-electron chi connectivity index (χ3n) is 2.00. The lowest BCUT2D eigenvalue weighted by Crippen LogP contribution is -2.68. The van der Waals surface area contributed by atoms with Crippen LogP contribution in [0.1, 0.15) is 0 Å². The fourth-order valence-electron chi connectivity index (χ4n) is 1.56. The highest BCUT2D eigenvalue weighted by Gasteiger charge is 2.43. The van der Waals surface area contributed by atoms with Gasteiger partial charge in [-0.15, -0.1) is 0 Å². The minimum absolute atomic E-state index is 2.02. The van der Waals surface area contributed by atoms with Crippen LogP contribution in [0.4, 0.5) is 0 Å². The van der Waals surface area contributed by atoms with Gasteiger partial charge < -0.3 is 0 Å². The second-order valence-electron chi connectivity index (χ2n) is 3.49. The summed E-state index contributed by atoms with van der Waals surface area (Å²) < 4.78 is 10.7. The normalized spacial score (nSPS) is 12.4. The molecule has 0 aliphatic rings. The van der Waals surface area contributed by atoms with Crippen molar-refractivity contribution in [3.8, 4) is 0 Å². The minimum atomic E-state index is -2.12. The van der Waals surface area contributed by atoms with E-state index in [1.807, 2.05) is 42.3 Å². The third-order valence-corrected chi connectivity index (χ3v) is 6.26. The molecule has 6 heteroatoms. The summed E-state index contributed by atoms with van der Waals surface area (Å²) in [6.07, 6.45) is 0. The highest BCUT2D eigenvalue weighted by Crippen LogP contribution is 2.12. The fourth-order valence-corrected chi connectivity index (χ4v) is 5.05. The summed E-state index contributed by atoms with van der Waals surface area (Å²) in [5, 5.41) is 2.50. The molecule has 13 heavy (non-hydrogen) atoms. The van der Waals surface area contributed by atoms with Gasteiger partial charge >= 0.3 is 8.72 Å². The first kappa shape index (κ1) is 12.9. The monoisotopic (exact) mass is 218 g/mol. The van der Waals surface area contributed by atoms with Crippen LogP contribution < -0.4 is 0 Å². The summed E-state index contributed by atoms with van der Waals surface area (Å²) in [4.78, 5) is 0. The van der Waals surface area contributed by atoms with Crippen LogP contribution in [0.25, 0.3) is 0 Å². The average molecular weight is 218 g/mol. The smallest absolute Gasteiger partial charge is 0.286 e. The third kappa shape index (κ3) is 2.43. The van der Waals surface area contributed by atoms with Crippen molar-refractivity contribution in [3.05, 3.63) is 0 Å². The molecular weight excluding hydrogens is 200 g/mol. The molecule has 0 atom stereocenters. The molecule has 0 aromatic heterocycles. The molecule has 0 bridgehead atoms. The van der Waals surface area contributed by atoms with Crippen molar-refractivity contribution in [1.82, 2.24) is 13.7 Å². The maximum Gasteiger partial charge on any atom is 0.434 e. The van der Waals surface area contributed by atoms with Gasteiger partial charge in [-0.25, -0.2) is 4.66 Å². The SMILES string of the molecule is CN(C)[Si](N=C=S)(N(C)C)N(C)C. The molecule has 0 radical (unpaired) electrons. The molecule has 0 unspecified atom stereocenters. The maximum atomic E-state index is 4.70. The molecule has 76 valence electrons. The van der Waals surface area contributed by atoms with Gasteiger partial charge in [-0.3, -0.25) is 13.7 Å². The van der Waals surface area contributed by atoms with E-state index in [4.69, 9.17) is 12.2 Å². The van der Waals surface area contributed by atoms with Crippen LogP contribution in [0.15, 0.2) is 4.66 Å². The number of rotatable bonds is 4. The van der Waals surface area contributed by atoms with Gasteiger partial charge in [0.25, 0.3) is 0 Å². The number of thiocarbonyl (C=S) groups is 1. The summed E-state index contributed by atoms with van der Waals surface area (Å²) in [5.41, 5.74) is 0. The van der Waals surface area contributed by atoms with Crippen molar-refractivity contribution in [2.45, 2.75) is 0 Å². The second kappa shape index (κ2) is 4.95. The Kier molecular flexibility index (Phi) is 4.91. The molecule has 0 aliphatic heterocycles. The first-order chi connectivity index (χ1) is 5.89. The molecular formula is C7H18N4SSi. The molecule has 0 N–H and O–H groups in total. The Morgan fingerprint density at radius 2 is 1.23 bits per heavy atom.